The highest BCUT2D eigenvalue weighted by Crippen LogP contribution is 2.31. The molecule has 4 amide bonds. The molecule has 1 aliphatic heterocycles. The van der Waals surface area contributed by atoms with Crippen molar-refractivity contribution >= 4 is 34.3 Å². The van der Waals surface area contributed by atoms with E-state index in [4.69, 9.17) is 0 Å². The molecule has 0 aliphatic carbocycles. The minimum Gasteiger partial charge on any atom is -0.323 e. The first-order valence-electron chi connectivity index (χ1n) is 10.7. The van der Waals surface area contributed by atoms with E-state index >= 15 is 0 Å². The molecule has 0 spiro atoms. The normalized spacial score (nSPS) is 15.3. The van der Waals surface area contributed by atoms with Gasteiger partial charge in [-0.25, -0.2) is 9.78 Å². The van der Waals surface area contributed by atoms with Crippen molar-refractivity contribution in [1.29, 1.82) is 0 Å². The highest BCUT2D eigenvalue weighted by atomic mass is 32.1. The molecule has 0 atom stereocenters. The van der Waals surface area contributed by atoms with Gasteiger partial charge < -0.3 is 10.6 Å². The van der Waals surface area contributed by atoms with Gasteiger partial charge in [-0.1, -0.05) is 44.4 Å². The van der Waals surface area contributed by atoms with E-state index in [-0.39, 0.29) is 12.5 Å². The first-order chi connectivity index (χ1) is 14.7. The summed E-state index contributed by atoms with van der Waals surface area (Å²) in [6, 6.07) is 3.71. The highest BCUT2D eigenvalue weighted by molar-refractivity contribution is 7.14. The van der Waals surface area contributed by atoms with E-state index < -0.39 is 17.5 Å². The summed E-state index contributed by atoms with van der Waals surface area (Å²) in [5.41, 5.74) is 4.41. The molecule has 1 aromatic carbocycles. The number of carbonyl (C=O) groups is 3. The Bertz CT molecular complexity index is 985. The molecule has 8 heteroatoms. The molecule has 2 heterocycles. The lowest BCUT2D eigenvalue weighted by Crippen LogP contribution is -2.47. The number of hydrogen-bond donors (Lipinski definition) is 2. The Morgan fingerprint density at radius 2 is 1.74 bits per heavy atom. The smallest absolute Gasteiger partial charge is 0.323 e. The van der Waals surface area contributed by atoms with Crippen LogP contribution in [-0.2, 0) is 9.59 Å². The maximum Gasteiger partial charge on any atom is 0.325 e. The predicted molar refractivity (Wildman–Crippen MR) is 123 cm³/mol. The third kappa shape index (κ3) is 4.63. The lowest BCUT2D eigenvalue weighted by Gasteiger charge is -2.25. The fourth-order valence-corrected chi connectivity index (χ4v) is 5.19. The van der Waals surface area contributed by atoms with E-state index in [0.717, 1.165) is 40.1 Å². The van der Waals surface area contributed by atoms with E-state index in [9.17, 15) is 14.4 Å². The number of nitrogens with zero attached hydrogens (tertiary/aromatic N) is 2. The van der Waals surface area contributed by atoms with E-state index in [1.54, 1.807) is 0 Å². The molecule has 3 rings (SSSR count). The molecule has 31 heavy (non-hydrogen) atoms. The van der Waals surface area contributed by atoms with Gasteiger partial charge in [0.1, 0.15) is 12.1 Å². The Morgan fingerprint density at radius 3 is 2.32 bits per heavy atom. The van der Waals surface area contributed by atoms with Crippen molar-refractivity contribution in [1.82, 2.24) is 15.2 Å². The molecule has 1 fully saturated rings. The van der Waals surface area contributed by atoms with Crippen LogP contribution in [0.4, 0.5) is 9.93 Å². The zero-order valence-electron chi connectivity index (χ0n) is 18.8. The second-order valence-corrected chi connectivity index (χ2v) is 9.12. The van der Waals surface area contributed by atoms with Crippen molar-refractivity contribution in [2.75, 3.05) is 11.9 Å². The van der Waals surface area contributed by atoms with Crippen LogP contribution in [0.3, 0.4) is 0 Å². The van der Waals surface area contributed by atoms with Crippen LogP contribution in [0.1, 0.15) is 56.2 Å². The fraction of sp³-hybridized carbons (Fsp3) is 0.478. The second kappa shape index (κ2) is 9.18. The second-order valence-electron chi connectivity index (χ2n) is 8.26. The molecule has 166 valence electrons. The number of rotatable bonds is 8. The molecule has 1 aliphatic rings. The largest absolute Gasteiger partial charge is 0.325 e. The number of anilines is 1. The molecular weight excluding hydrogens is 412 g/mol. The van der Waals surface area contributed by atoms with E-state index in [1.807, 2.05) is 33.1 Å². The monoisotopic (exact) mass is 442 g/mol. The quantitative estimate of drug-likeness (QED) is 0.586. The van der Waals surface area contributed by atoms with Gasteiger partial charge in [-0.2, -0.15) is 0 Å². The summed E-state index contributed by atoms with van der Waals surface area (Å²) in [6.07, 6.45) is 2.67. The van der Waals surface area contributed by atoms with Gasteiger partial charge in [-0.15, -0.1) is 11.3 Å². The number of carbonyl (C=O) groups excluding carboxylic acids is 3. The lowest BCUT2D eigenvalue weighted by atomic mass is 9.88. The van der Waals surface area contributed by atoms with Crippen molar-refractivity contribution in [3.8, 4) is 11.3 Å². The molecule has 0 radical (unpaired) electrons. The number of thiazole rings is 1. The third-order valence-electron chi connectivity index (χ3n) is 5.58. The van der Waals surface area contributed by atoms with Crippen LogP contribution in [0.25, 0.3) is 11.3 Å². The van der Waals surface area contributed by atoms with Gasteiger partial charge in [0.15, 0.2) is 5.13 Å². The molecule has 2 aromatic rings. The standard InChI is InChI=1S/C23H30N4O3S/c1-6-8-23(9-7-2)20(29)27(22(30)26-23)12-18(28)25-21-24-17(13-31-21)19-15(4)10-14(3)11-16(19)5/h10-11,13H,6-9,12H2,1-5H3,(H,26,30)(H,24,25,28). The number of aryl methyl sites for hydroxylation is 3. The van der Waals surface area contributed by atoms with Crippen LogP contribution in [0.5, 0.6) is 0 Å². The Kier molecular flexibility index (Phi) is 6.79. The maximum atomic E-state index is 12.9. The average Bonchev–Trinajstić information content (AvgIpc) is 3.20. The summed E-state index contributed by atoms with van der Waals surface area (Å²) in [5, 5.41) is 7.91. The zero-order chi connectivity index (χ0) is 22.8. The molecule has 0 saturated carbocycles. The highest BCUT2D eigenvalue weighted by Gasteiger charge is 2.50. The molecule has 7 nitrogen and oxygen atoms in total. The van der Waals surface area contributed by atoms with Crippen LogP contribution in [0, 0.1) is 20.8 Å². The first kappa shape index (κ1) is 22.9. The van der Waals surface area contributed by atoms with E-state index in [1.165, 1.54) is 16.9 Å². The minimum atomic E-state index is -0.893. The molecule has 0 bridgehead atoms. The number of aromatic nitrogens is 1. The summed E-state index contributed by atoms with van der Waals surface area (Å²) in [5.74, 6) is -0.757. The predicted octanol–water partition coefficient (Wildman–Crippen LogP) is 4.56. The topological polar surface area (TPSA) is 91.4 Å². The van der Waals surface area contributed by atoms with Gasteiger partial charge in [0.2, 0.25) is 5.91 Å². The average molecular weight is 443 g/mol. The molecule has 2 N–H and O–H groups in total. The van der Waals surface area contributed by atoms with Crippen LogP contribution in [-0.4, -0.2) is 39.8 Å². The van der Waals surface area contributed by atoms with Crippen molar-refractivity contribution in [3.05, 3.63) is 34.2 Å². The number of urea groups is 1. The summed E-state index contributed by atoms with van der Waals surface area (Å²) in [4.78, 5) is 43.5. The van der Waals surface area contributed by atoms with Crippen molar-refractivity contribution < 1.29 is 14.4 Å². The van der Waals surface area contributed by atoms with Gasteiger partial charge in [0, 0.05) is 10.9 Å². The van der Waals surface area contributed by atoms with Gasteiger partial charge in [-0.3, -0.25) is 14.5 Å². The molecule has 0 unspecified atom stereocenters. The summed E-state index contributed by atoms with van der Waals surface area (Å²) >= 11 is 1.32. The van der Waals surface area contributed by atoms with Gasteiger partial charge in [0.05, 0.1) is 5.69 Å². The summed E-state index contributed by atoms with van der Waals surface area (Å²) < 4.78 is 0. The van der Waals surface area contributed by atoms with Crippen LogP contribution in [0.2, 0.25) is 0 Å². The fourth-order valence-electron chi connectivity index (χ4n) is 4.47. The number of amides is 4. The van der Waals surface area contributed by atoms with Gasteiger partial charge >= 0.3 is 6.03 Å². The Hall–Kier alpha value is -2.74. The van der Waals surface area contributed by atoms with Crippen molar-refractivity contribution in [3.63, 3.8) is 0 Å². The van der Waals surface area contributed by atoms with Crippen molar-refractivity contribution in [2.24, 2.45) is 0 Å². The summed E-state index contributed by atoms with van der Waals surface area (Å²) in [6.45, 7) is 9.78. The van der Waals surface area contributed by atoms with Crippen LogP contribution in [0.15, 0.2) is 17.5 Å². The van der Waals surface area contributed by atoms with E-state index in [0.29, 0.717) is 18.0 Å². The number of benzene rings is 1. The Balaban J connectivity index is 1.71. The first-order valence-corrected chi connectivity index (χ1v) is 11.6. The zero-order valence-corrected chi connectivity index (χ0v) is 19.6. The van der Waals surface area contributed by atoms with Crippen LogP contribution >= 0.6 is 11.3 Å². The van der Waals surface area contributed by atoms with Gasteiger partial charge in [0.25, 0.3) is 5.91 Å². The Morgan fingerprint density at radius 1 is 1.13 bits per heavy atom. The molecule has 1 aromatic heterocycles. The number of nitrogens with one attached hydrogen (secondary N) is 2. The summed E-state index contributed by atoms with van der Waals surface area (Å²) in [7, 11) is 0. The van der Waals surface area contributed by atoms with Crippen molar-refractivity contribution in [2.45, 2.75) is 65.8 Å². The SMILES string of the molecule is CCCC1(CCC)NC(=O)N(CC(=O)Nc2nc(-c3c(C)cc(C)cc3C)cs2)C1=O. The minimum absolute atomic E-state index is 0.318. The number of imide groups is 1. The van der Waals surface area contributed by atoms with Crippen LogP contribution < -0.4 is 10.6 Å². The Labute approximate surface area is 187 Å². The lowest BCUT2D eigenvalue weighted by molar-refractivity contribution is -0.134. The van der Waals surface area contributed by atoms with Gasteiger partial charge in [-0.05, 0) is 44.7 Å². The molecular formula is C23H30N4O3S. The van der Waals surface area contributed by atoms with E-state index in [2.05, 4.69) is 34.7 Å². The molecule has 1 saturated heterocycles. The third-order valence-corrected chi connectivity index (χ3v) is 6.34. The number of hydrogen-bond acceptors (Lipinski definition) is 5. The maximum absolute atomic E-state index is 12.9.